The van der Waals surface area contributed by atoms with E-state index in [-0.39, 0.29) is 36.5 Å². The van der Waals surface area contributed by atoms with E-state index in [9.17, 15) is 9.59 Å². The summed E-state index contributed by atoms with van der Waals surface area (Å²) in [7, 11) is -0.325. The maximum atomic E-state index is 12.8. The van der Waals surface area contributed by atoms with Crippen LogP contribution >= 0.6 is 31.1 Å². The number of halogens is 2. The Kier molecular flexibility index (Phi) is 5.43. The summed E-state index contributed by atoms with van der Waals surface area (Å²) < 4.78 is 5.93. The Morgan fingerprint density at radius 2 is 1.92 bits per heavy atom. The van der Waals surface area contributed by atoms with Gasteiger partial charge in [-0.15, -0.1) is 0 Å². The topological polar surface area (TPSA) is 46.6 Å². The Morgan fingerprint density at radius 1 is 1.20 bits per heavy atom. The van der Waals surface area contributed by atoms with Gasteiger partial charge >= 0.3 is 0 Å². The van der Waals surface area contributed by atoms with E-state index in [1.807, 2.05) is 19.1 Å². The number of nitrogens with zero attached hydrogens (tertiary/aromatic N) is 1. The number of hydrogen-bond donors (Lipinski definition) is 0. The van der Waals surface area contributed by atoms with Crippen molar-refractivity contribution in [1.29, 1.82) is 0 Å². The molecule has 3 atom stereocenters. The van der Waals surface area contributed by atoms with Gasteiger partial charge in [0.1, 0.15) is 11.6 Å². The molecule has 0 spiro atoms. The van der Waals surface area contributed by atoms with Gasteiger partial charge in [0, 0.05) is 6.07 Å². The number of carbonyl (C=O) groups is 2. The maximum Gasteiger partial charge on any atom is 0.241 e. The SMILES string of the molecule is CC(Oc1cc(N2C(=O)C3C=CCCC3C2=O)c(Cl)cc1Cl)P(C)C. The van der Waals surface area contributed by atoms with E-state index in [0.717, 1.165) is 6.42 Å². The number of ether oxygens (including phenoxy) is 1. The molecule has 1 aromatic carbocycles. The third-order valence-electron chi connectivity index (χ3n) is 4.73. The van der Waals surface area contributed by atoms with Crippen molar-refractivity contribution in [3.05, 3.63) is 34.3 Å². The highest BCUT2D eigenvalue weighted by molar-refractivity contribution is 7.56. The molecule has 2 amide bonds. The van der Waals surface area contributed by atoms with Crippen molar-refractivity contribution in [2.45, 2.75) is 25.6 Å². The first-order chi connectivity index (χ1) is 11.8. The molecule has 1 aromatic rings. The maximum absolute atomic E-state index is 12.8. The molecule has 2 aliphatic rings. The highest BCUT2D eigenvalue weighted by Crippen LogP contribution is 2.44. The second-order valence-electron chi connectivity index (χ2n) is 6.56. The molecule has 1 heterocycles. The first kappa shape index (κ1) is 18.7. The normalized spacial score (nSPS) is 24.0. The fourth-order valence-corrected chi connectivity index (χ4v) is 3.93. The van der Waals surface area contributed by atoms with Crippen molar-refractivity contribution < 1.29 is 14.3 Å². The monoisotopic (exact) mass is 399 g/mol. The smallest absolute Gasteiger partial charge is 0.241 e. The third-order valence-corrected chi connectivity index (χ3v) is 6.89. The van der Waals surface area contributed by atoms with Gasteiger partial charge in [-0.25, -0.2) is 4.90 Å². The molecule has 0 aromatic heterocycles. The predicted molar refractivity (Wildman–Crippen MR) is 103 cm³/mol. The molecular weight excluding hydrogens is 380 g/mol. The Hall–Kier alpha value is -1.09. The van der Waals surface area contributed by atoms with E-state index in [2.05, 4.69) is 13.3 Å². The first-order valence-electron chi connectivity index (χ1n) is 8.18. The van der Waals surface area contributed by atoms with Gasteiger partial charge in [0.25, 0.3) is 0 Å². The lowest BCUT2D eigenvalue weighted by Gasteiger charge is -2.22. The molecule has 0 bridgehead atoms. The van der Waals surface area contributed by atoms with E-state index < -0.39 is 5.92 Å². The lowest BCUT2D eigenvalue weighted by atomic mass is 9.86. The van der Waals surface area contributed by atoms with Crippen LogP contribution in [0.4, 0.5) is 5.69 Å². The molecule has 0 radical (unpaired) electrons. The molecule has 4 nitrogen and oxygen atoms in total. The van der Waals surface area contributed by atoms with Crippen LogP contribution in [0.5, 0.6) is 5.75 Å². The quantitative estimate of drug-likeness (QED) is 0.410. The highest BCUT2D eigenvalue weighted by Gasteiger charge is 2.48. The lowest BCUT2D eigenvalue weighted by Crippen LogP contribution is -2.31. The minimum absolute atomic E-state index is 0.00276. The summed E-state index contributed by atoms with van der Waals surface area (Å²) in [6, 6.07) is 3.14. The minimum atomic E-state index is -0.393. The molecule has 1 aliphatic heterocycles. The number of imide groups is 1. The van der Waals surface area contributed by atoms with Crippen molar-refractivity contribution in [3.8, 4) is 5.75 Å². The van der Waals surface area contributed by atoms with Crippen molar-refractivity contribution >= 4 is 48.6 Å². The zero-order valence-electron chi connectivity index (χ0n) is 14.3. The van der Waals surface area contributed by atoms with Crippen molar-refractivity contribution in [2.75, 3.05) is 18.2 Å². The van der Waals surface area contributed by atoms with Crippen molar-refractivity contribution in [2.24, 2.45) is 11.8 Å². The van der Waals surface area contributed by atoms with Gasteiger partial charge in [0.05, 0.1) is 27.6 Å². The summed E-state index contributed by atoms with van der Waals surface area (Å²) in [4.78, 5) is 26.7. The summed E-state index contributed by atoms with van der Waals surface area (Å²) in [5.74, 6) is -0.687. The highest BCUT2D eigenvalue weighted by atomic mass is 35.5. The number of rotatable bonds is 4. The molecule has 1 aliphatic carbocycles. The number of hydrogen-bond acceptors (Lipinski definition) is 3. The second kappa shape index (κ2) is 7.26. The van der Waals surface area contributed by atoms with Crippen LogP contribution in [-0.4, -0.2) is 31.0 Å². The molecule has 1 fully saturated rings. The molecular formula is C18H20Cl2NO3P. The summed E-state index contributed by atoms with van der Waals surface area (Å²) in [5.41, 5.74) is 0.350. The Balaban J connectivity index is 1.98. The van der Waals surface area contributed by atoms with Gasteiger partial charge in [-0.05, 0) is 39.2 Å². The van der Waals surface area contributed by atoms with Gasteiger partial charge in [-0.2, -0.15) is 0 Å². The number of fused-ring (bicyclic) bond motifs is 1. The van der Waals surface area contributed by atoms with Crippen LogP contribution in [0.15, 0.2) is 24.3 Å². The van der Waals surface area contributed by atoms with Crippen LogP contribution in [0.2, 0.25) is 10.0 Å². The average Bonchev–Trinajstić information content (AvgIpc) is 2.82. The molecule has 134 valence electrons. The number of allylic oxidation sites excluding steroid dienone is 1. The van der Waals surface area contributed by atoms with Crippen LogP contribution in [0, 0.1) is 11.8 Å². The number of carbonyl (C=O) groups excluding carboxylic acids is 2. The number of amides is 2. The Labute approximate surface area is 158 Å². The Bertz CT molecular complexity index is 750. The van der Waals surface area contributed by atoms with E-state index in [1.54, 1.807) is 6.07 Å². The van der Waals surface area contributed by atoms with Crippen molar-refractivity contribution in [3.63, 3.8) is 0 Å². The van der Waals surface area contributed by atoms with Crippen LogP contribution in [0.3, 0.4) is 0 Å². The Morgan fingerprint density at radius 3 is 2.56 bits per heavy atom. The first-order valence-corrected chi connectivity index (χ1v) is 11.2. The largest absolute Gasteiger partial charge is 0.485 e. The van der Waals surface area contributed by atoms with Crippen LogP contribution in [0.1, 0.15) is 19.8 Å². The number of benzene rings is 1. The molecule has 0 saturated carbocycles. The molecule has 0 N–H and O–H groups in total. The molecule has 25 heavy (non-hydrogen) atoms. The summed E-state index contributed by atoms with van der Waals surface area (Å²) in [5, 5.41) is 0.637. The van der Waals surface area contributed by atoms with Gasteiger partial charge in [0.15, 0.2) is 0 Å². The van der Waals surface area contributed by atoms with Crippen LogP contribution in [-0.2, 0) is 9.59 Å². The van der Waals surface area contributed by atoms with E-state index in [4.69, 9.17) is 27.9 Å². The van der Waals surface area contributed by atoms with E-state index in [1.165, 1.54) is 11.0 Å². The molecule has 1 saturated heterocycles. The van der Waals surface area contributed by atoms with Gasteiger partial charge in [-0.1, -0.05) is 43.3 Å². The summed E-state index contributed by atoms with van der Waals surface area (Å²) in [6.07, 6.45) is 5.29. The minimum Gasteiger partial charge on any atom is -0.485 e. The van der Waals surface area contributed by atoms with Gasteiger partial charge in [0.2, 0.25) is 11.8 Å². The third kappa shape index (κ3) is 3.45. The lowest BCUT2D eigenvalue weighted by molar-refractivity contribution is -0.122. The zero-order valence-corrected chi connectivity index (χ0v) is 16.7. The van der Waals surface area contributed by atoms with Crippen molar-refractivity contribution in [1.82, 2.24) is 0 Å². The zero-order chi connectivity index (χ0) is 18.3. The van der Waals surface area contributed by atoms with Crippen LogP contribution in [0.25, 0.3) is 0 Å². The standard InChI is InChI=1S/C18H20Cl2NO3P/c1-10(25(2)3)24-16-9-15(13(19)8-14(16)20)21-17(22)11-6-4-5-7-12(11)18(21)23/h4,6,8-12H,5,7H2,1-3H3. The van der Waals surface area contributed by atoms with Gasteiger partial charge in [-0.3, -0.25) is 9.59 Å². The van der Waals surface area contributed by atoms with E-state index in [0.29, 0.717) is 22.9 Å². The second-order valence-corrected chi connectivity index (χ2v) is 10.0. The summed E-state index contributed by atoms with van der Waals surface area (Å²) >= 11 is 12.6. The molecule has 7 heteroatoms. The van der Waals surface area contributed by atoms with E-state index >= 15 is 0 Å². The predicted octanol–water partition coefficient (Wildman–Crippen LogP) is 4.92. The molecule has 3 unspecified atom stereocenters. The fourth-order valence-electron chi connectivity index (χ4n) is 3.09. The van der Waals surface area contributed by atoms with Gasteiger partial charge < -0.3 is 4.74 Å². The summed E-state index contributed by atoms with van der Waals surface area (Å²) in [6.45, 7) is 6.19. The fraction of sp³-hybridized carbons (Fsp3) is 0.444. The molecule has 3 rings (SSSR count). The average molecular weight is 400 g/mol. The van der Waals surface area contributed by atoms with Crippen LogP contribution < -0.4 is 9.64 Å². The number of anilines is 1.